The molecular formula is C11H26N2O. The molecule has 0 amide bonds. The van der Waals surface area contributed by atoms with E-state index in [1.54, 1.807) is 7.11 Å². The molecule has 3 nitrogen and oxygen atoms in total. The molecule has 2 unspecified atom stereocenters. The minimum Gasteiger partial charge on any atom is -0.383 e. The number of methoxy groups -OCH3 is 1. The Bertz CT molecular complexity index is 116. The predicted octanol–water partition coefficient (Wildman–Crippen LogP) is 1.20. The van der Waals surface area contributed by atoms with E-state index >= 15 is 0 Å². The number of nitrogens with one attached hydrogen (secondary N) is 1. The summed E-state index contributed by atoms with van der Waals surface area (Å²) >= 11 is 0. The van der Waals surface area contributed by atoms with Crippen molar-refractivity contribution in [3.05, 3.63) is 0 Å². The van der Waals surface area contributed by atoms with Gasteiger partial charge in [0.1, 0.15) is 0 Å². The summed E-state index contributed by atoms with van der Waals surface area (Å²) in [6, 6.07) is 0.601. The Morgan fingerprint density at radius 3 is 2.50 bits per heavy atom. The SMILES string of the molecule is CCNCC(C)C(C)N(C)CCOC. The molecule has 86 valence electrons. The van der Waals surface area contributed by atoms with Crippen molar-refractivity contribution in [1.29, 1.82) is 0 Å². The third-order valence-electron chi connectivity index (χ3n) is 2.88. The van der Waals surface area contributed by atoms with Gasteiger partial charge in [-0.1, -0.05) is 13.8 Å². The Morgan fingerprint density at radius 2 is 2.00 bits per heavy atom. The van der Waals surface area contributed by atoms with E-state index in [0.29, 0.717) is 12.0 Å². The zero-order chi connectivity index (χ0) is 11.0. The highest BCUT2D eigenvalue weighted by Crippen LogP contribution is 2.07. The van der Waals surface area contributed by atoms with E-state index in [-0.39, 0.29) is 0 Å². The summed E-state index contributed by atoms with van der Waals surface area (Å²) in [6.07, 6.45) is 0. The van der Waals surface area contributed by atoms with Gasteiger partial charge >= 0.3 is 0 Å². The second-order valence-corrected chi connectivity index (χ2v) is 4.00. The molecule has 0 aliphatic rings. The Kier molecular flexibility index (Phi) is 8.14. The fraction of sp³-hybridized carbons (Fsp3) is 1.00. The number of likely N-dealkylation sites (N-methyl/N-ethyl adjacent to an activating group) is 1. The monoisotopic (exact) mass is 202 g/mol. The van der Waals surface area contributed by atoms with Crippen LogP contribution in [0.15, 0.2) is 0 Å². The minimum absolute atomic E-state index is 0.601. The normalized spacial score (nSPS) is 15.9. The van der Waals surface area contributed by atoms with Crippen LogP contribution in [0.2, 0.25) is 0 Å². The molecule has 14 heavy (non-hydrogen) atoms. The Labute approximate surface area is 88.8 Å². The van der Waals surface area contributed by atoms with Gasteiger partial charge in [-0.25, -0.2) is 0 Å². The molecule has 0 saturated heterocycles. The Hall–Kier alpha value is -0.120. The Morgan fingerprint density at radius 1 is 1.36 bits per heavy atom. The lowest BCUT2D eigenvalue weighted by atomic mass is 10.0. The molecule has 0 radical (unpaired) electrons. The third kappa shape index (κ3) is 5.58. The molecule has 0 heterocycles. The van der Waals surface area contributed by atoms with Crippen LogP contribution in [0.3, 0.4) is 0 Å². The lowest BCUT2D eigenvalue weighted by Gasteiger charge is -2.29. The van der Waals surface area contributed by atoms with Crippen LogP contribution in [0, 0.1) is 5.92 Å². The van der Waals surface area contributed by atoms with Crippen LogP contribution in [0.1, 0.15) is 20.8 Å². The molecule has 2 atom stereocenters. The average molecular weight is 202 g/mol. The van der Waals surface area contributed by atoms with Crippen molar-refractivity contribution < 1.29 is 4.74 Å². The fourth-order valence-corrected chi connectivity index (χ4v) is 1.42. The van der Waals surface area contributed by atoms with Crippen molar-refractivity contribution in [2.24, 2.45) is 5.92 Å². The minimum atomic E-state index is 0.601. The number of nitrogens with zero attached hydrogens (tertiary/aromatic N) is 1. The van der Waals surface area contributed by atoms with Crippen LogP contribution >= 0.6 is 0 Å². The second-order valence-electron chi connectivity index (χ2n) is 4.00. The largest absolute Gasteiger partial charge is 0.383 e. The maximum absolute atomic E-state index is 5.07. The second kappa shape index (κ2) is 8.21. The van der Waals surface area contributed by atoms with Crippen molar-refractivity contribution in [3.63, 3.8) is 0 Å². The van der Waals surface area contributed by atoms with Gasteiger partial charge in [-0.3, -0.25) is 0 Å². The summed E-state index contributed by atoms with van der Waals surface area (Å²) in [5.41, 5.74) is 0. The average Bonchev–Trinajstić information content (AvgIpc) is 2.21. The van der Waals surface area contributed by atoms with Crippen LogP contribution in [0.4, 0.5) is 0 Å². The van der Waals surface area contributed by atoms with Gasteiger partial charge in [0.05, 0.1) is 6.61 Å². The summed E-state index contributed by atoms with van der Waals surface area (Å²) < 4.78 is 5.07. The molecular weight excluding hydrogens is 176 g/mol. The van der Waals surface area contributed by atoms with E-state index in [0.717, 1.165) is 26.2 Å². The van der Waals surface area contributed by atoms with E-state index in [4.69, 9.17) is 4.74 Å². The van der Waals surface area contributed by atoms with Crippen molar-refractivity contribution in [2.75, 3.05) is 40.4 Å². The van der Waals surface area contributed by atoms with Gasteiger partial charge in [0, 0.05) is 19.7 Å². The van der Waals surface area contributed by atoms with Crippen LogP contribution in [-0.4, -0.2) is 51.3 Å². The van der Waals surface area contributed by atoms with Crippen LogP contribution in [0.5, 0.6) is 0 Å². The molecule has 0 aromatic rings. The first-order valence-corrected chi connectivity index (χ1v) is 5.53. The predicted molar refractivity (Wildman–Crippen MR) is 61.7 cm³/mol. The van der Waals surface area contributed by atoms with E-state index < -0.39 is 0 Å². The summed E-state index contributed by atoms with van der Waals surface area (Å²) in [4.78, 5) is 2.35. The van der Waals surface area contributed by atoms with Crippen molar-refractivity contribution in [2.45, 2.75) is 26.8 Å². The zero-order valence-corrected chi connectivity index (χ0v) is 10.3. The van der Waals surface area contributed by atoms with E-state index in [2.05, 4.69) is 38.0 Å². The van der Waals surface area contributed by atoms with Gasteiger partial charge < -0.3 is 15.0 Å². The summed E-state index contributed by atoms with van der Waals surface area (Å²) in [5.74, 6) is 0.678. The molecule has 0 aromatic heterocycles. The molecule has 0 spiro atoms. The van der Waals surface area contributed by atoms with Gasteiger partial charge in [-0.05, 0) is 33.0 Å². The molecule has 0 fully saturated rings. The molecule has 0 aliphatic carbocycles. The smallest absolute Gasteiger partial charge is 0.0589 e. The first-order valence-electron chi connectivity index (χ1n) is 5.53. The lowest BCUT2D eigenvalue weighted by Crippen LogP contribution is -2.40. The van der Waals surface area contributed by atoms with Crippen molar-refractivity contribution >= 4 is 0 Å². The lowest BCUT2D eigenvalue weighted by molar-refractivity contribution is 0.124. The number of hydrogen-bond acceptors (Lipinski definition) is 3. The Balaban J connectivity index is 3.72. The fourth-order valence-electron chi connectivity index (χ4n) is 1.42. The van der Waals surface area contributed by atoms with E-state index in [1.807, 2.05) is 0 Å². The molecule has 0 saturated carbocycles. The quantitative estimate of drug-likeness (QED) is 0.640. The standard InChI is InChI=1S/C11H26N2O/c1-6-12-9-10(2)11(3)13(4)7-8-14-5/h10-12H,6-9H2,1-5H3. The molecule has 3 heteroatoms. The molecule has 0 aliphatic heterocycles. The number of hydrogen-bond donors (Lipinski definition) is 1. The molecule has 0 bridgehead atoms. The third-order valence-corrected chi connectivity index (χ3v) is 2.88. The first-order chi connectivity index (χ1) is 6.63. The van der Waals surface area contributed by atoms with Crippen LogP contribution in [0.25, 0.3) is 0 Å². The van der Waals surface area contributed by atoms with Gasteiger partial charge in [0.2, 0.25) is 0 Å². The number of ether oxygens (including phenoxy) is 1. The van der Waals surface area contributed by atoms with Crippen LogP contribution < -0.4 is 5.32 Å². The van der Waals surface area contributed by atoms with E-state index in [1.165, 1.54) is 0 Å². The summed E-state index contributed by atoms with van der Waals surface area (Å²) in [5, 5.41) is 3.38. The highest BCUT2D eigenvalue weighted by atomic mass is 16.5. The summed E-state index contributed by atoms with van der Waals surface area (Å²) in [6.45, 7) is 10.7. The highest BCUT2D eigenvalue weighted by molar-refractivity contribution is 4.71. The van der Waals surface area contributed by atoms with Gasteiger partial charge in [0.15, 0.2) is 0 Å². The molecule has 0 rings (SSSR count). The van der Waals surface area contributed by atoms with Gasteiger partial charge in [-0.15, -0.1) is 0 Å². The maximum Gasteiger partial charge on any atom is 0.0589 e. The van der Waals surface area contributed by atoms with Gasteiger partial charge in [0.25, 0.3) is 0 Å². The van der Waals surface area contributed by atoms with Crippen molar-refractivity contribution in [3.8, 4) is 0 Å². The highest BCUT2D eigenvalue weighted by Gasteiger charge is 2.15. The van der Waals surface area contributed by atoms with Gasteiger partial charge in [-0.2, -0.15) is 0 Å². The molecule has 1 N–H and O–H groups in total. The summed E-state index contributed by atoms with van der Waals surface area (Å²) in [7, 11) is 3.91. The zero-order valence-electron chi connectivity index (χ0n) is 10.3. The van der Waals surface area contributed by atoms with Crippen molar-refractivity contribution in [1.82, 2.24) is 10.2 Å². The number of rotatable bonds is 8. The first kappa shape index (κ1) is 13.9. The maximum atomic E-state index is 5.07. The van der Waals surface area contributed by atoms with Crippen LogP contribution in [-0.2, 0) is 4.74 Å². The topological polar surface area (TPSA) is 24.5 Å². The molecule has 0 aromatic carbocycles. The van der Waals surface area contributed by atoms with E-state index in [9.17, 15) is 0 Å².